The first kappa shape index (κ1) is 14.3. The Morgan fingerprint density at radius 3 is 2.83 bits per heavy atom. The Hall–Kier alpha value is -1.81. The number of methoxy groups -OCH3 is 1. The van der Waals surface area contributed by atoms with Crippen LogP contribution in [-0.2, 0) is 4.79 Å². The van der Waals surface area contributed by atoms with Crippen LogP contribution in [0.15, 0.2) is 36.9 Å². The number of para-hydroxylation sites is 1. The molecule has 0 heterocycles. The van der Waals surface area contributed by atoms with E-state index in [1.165, 1.54) is 0 Å². The van der Waals surface area contributed by atoms with Crippen LogP contribution in [-0.4, -0.2) is 19.1 Å². The summed E-state index contributed by atoms with van der Waals surface area (Å²) in [7, 11) is 1.61. The number of hydrogen-bond acceptors (Lipinski definition) is 3. The topological polar surface area (TPSA) is 64.4 Å². The van der Waals surface area contributed by atoms with Crippen molar-refractivity contribution >= 4 is 5.91 Å². The van der Waals surface area contributed by atoms with Crippen LogP contribution in [0.5, 0.6) is 5.75 Å². The van der Waals surface area contributed by atoms with E-state index in [2.05, 4.69) is 11.9 Å². The van der Waals surface area contributed by atoms with Crippen molar-refractivity contribution in [3.8, 4) is 5.75 Å². The highest BCUT2D eigenvalue weighted by atomic mass is 16.5. The Morgan fingerprint density at radius 2 is 2.22 bits per heavy atom. The molecule has 0 aliphatic heterocycles. The van der Waals surface area contributed by atoms with Crippen LogP contribution < -0.4 is 15.8 Å². The minimum absolute atomic E-state index is 0.149. The molecule has 1 rings (SSSR count). The lowest BCUT2D eigenvalue weighted by Crippen LogP contribution is -2.41. The lowest BCUT2D eigenvalue weighted by Gasteiger charge is -2.19. The molecule has 0 spiro atoms. The number of carbonyl (C=O) groups excluding carboxylic acids is 1. The molecule has 4 nitrogen and oxygen atoms in total. The molecule has 0 radical (unpaired) electrons. The van der Waals surface area contributed by atoms with Gasteiger partial charge < -0.3 is 15.8 Å². The Balaban J connectivity index is 2.73. The first-order chi connectivity index (χ1) is 8.60. The fourth-order valence-electron chi connectivity index (χ4n) is 1.71. The average Bonchev–Trinajstić information content (AvgIpc) is 2.38. The number of benzene rings is 1. The van der Waals surface area contributed by atoms with Crippen molar-refractivity contribution in [1.29, 1.82) is 0 Å². The summed E-state index contributed by atoms with van der Waals surface area (Å²) >= 11 is 0. The van der Waals surface area contributed by atoms with Gasteiger partial charge in [0, 0.05) is 5.56 Å². The lowest BCUT2D eigenvalue weighted by molar-refractivity contribution is -0.122. The molecule has 0 aliphatic rings. The molecule has 0 aliphatic carbocycles. The van der Waals surface area contributed by atoms with Crippen LogP contribution in [0.1, 0.15) is 24.9 Å². The summed E-state index contributed by atoms with van der Waals surface area (Å²) in [5.41, 5.74) is 6.64. The maximum absolute atomic E-state index is 11.8. The second-order valence-electron chi connectivity index (χ2n) is 4.10. The lowest BCUT2D eigenvalue weighted by atomic mass is 10.1. The summed E-state index contributed by atoms with van der Waals surface area (Å²) < 4.78 is 5.26. The molecule has 18 heavy (non-hydrogen) atoms. The van der Waals surface area contributed by atoms with Crippen molar-refractivity contribution in [2.45, 2.75) is 25.4 Å². The molecule has 1 aromatic carbocycles. The predicted molar refractivity (Wildman–Crippen MR) is 72.3 cm³/mol. The van der Waals surface area contributed by atoms with Crippen LogP contribution in [0.3, 0.4) is 0 Å². The summed E-state index contributed by atoms with van der Waals surface area (Å²) in [6, 6.07) is 6.87. The monoisotopic (exact) mass is 248 g/mol. The van der Waals surface area contributed by atoms with E-state index >= 15 is 0 Å². The standard InChI is InChI=1S/C14H20N2O2/c1-4-7-12(15)14(17)16-10(2)11-8-5-6-9-13(11)18-3/h4-6,8-10,12H,1,7,15H2,2-3H3,(H,16,17). The van der Waals surface area contributed by atoms with E-state index in [0.29, 0.717) is 6.42 Å². The SMILES string of the molecule is C=CCC(N)C(=O)NC(C)c1ccccc1OC. The van der Waals surface area contributed by atoms with Gasteiger partial charge in [-0.05, 0) is 19.4 Å². The fourth-order valence-corrected chi connectivity index (χ4v) is 1.71. The normalized spacial score (nSPS) is 13.5. The number of amides is 1. The average molecular weight is 248 g/mol. The maximum Gasteiger partial charge on any atom is 0.237 e. The summed E-state index contributed by atoms with van der Waals surface area (Å²) in [6.07, 6.45) is 2.10. The number of rotatable bonds is 6. The molecule has 0 saturated carbocycles. The zero-order chi connectivity index (χ0) is 13.5. The second-order valence-corrected chi connectivity index (χ2v) is 4.10. The molecule has 98 valence electrons. The third-order valence-corrected chi connectivity index (χ3v) is 2.72. The molecular weight excluding hydrogens is 228 g/mol. The zero-order valence-corrected chi connectivity index (χ0v) is 10.8. The van der Waals surface area contributed by atoms with Crippen molar-refractivity contribution in [2.24, 2.45) is 5.73 Å². The molecule has 2 atom stereocenters. The maximum atomic E-state index is 11.8. The van der Waals surface area contributed by atoms with Crippen LogP contribution in [0, 0.1) is 0 Å². The van der Waals surface area contributed by atoms with Crippen molar-refractivity contribution in [2.75, 3.05) is 7.11 Å². The predicted octanol–water partition coefficient (Wildman–Crippen LogP) is 1.78. The number of nitrogens with one attached hydrogen (secondary N) is 1. The van der Waals surface area contributed by atoms with E-state index in [1.807, 2.05) is 31.2 Å². The number of carbonyl (C=O) groups is 1. The quantitative estimate of drug-likeness (QED) is 0.754. The van der Waals surface area contributed by atoms with Crippen molar-refractivity contribution in [3.63, 3.8) is 0 Å². The summed E-state index contributed by atoms with van der Waals surface area (Å²) in [4.78, 5) is 11.8. The molecule has 0 aromatic heterocycles. The highest BCUT2D eigenvalue weighted by Crippen LogP contribution is 2.24. The van der Waals surface area contributed by atoms with Gasteiger partial charge in [0.05, 0.1) is 19.2 Å². The van der Waals surface area contributed by atoms with E-state index in [4.69, 9.17) is 10.5 Å². The van der Waals surface area contributed by atoms with E-state index in [1.54, 1.807) is 13.2 Å². The Kier molecular flexibility index (Phi) is 5.39. The van der Waals surface area contributed by atoms with Gasteiger partial charge in [-0.1, -0.05) is 24.3 Å². The third kappa shape index (κ3) is 3.60. The Morgan fingerprint density at radius 1 is 1.56 bits per heavy atom. The second kappa shape index (κ2) is 6.81. The zero-order valence-electron chi connectivity index (χ0n) is 10.8. The smallest absolute Gasteiger partial charge is 0.237 e. The molecule has 1 aromatic rings. The van der Waals surface area contributed by atoms with E-state index < -0.39 is 6.04 Å². The van der Waals surface area contributed by atoms with Gasteiger partial charge in [0.15, 0.2) is 0 Å². The van der Waals surface area contributed by atoms with E-state index in [0.717, 1.165) is 11.3 Å². The fraction of sp³-hybridized carbons (Fsp3) is 0.357. The first-order valence-corrected chi connectivity index (χ1v) is 5.90. The third-order valence-electron chi connectivity index (χ3n) is 2.72. The van der Waals surface area contributed by atoms with Crippen molar-refractivity contribution in [1.82, 2.24) is 5.32 Å². The van der Waals surface area contributed by atoms with Gasteiger partial charge in [0.25, 0.3) is 0 Å². The van der Waals surface area contributed by atoms with Crippen molar-refractivity contribution < 1.29 is 9.53 Å². The van der Waals surface area contributed by atoms with Gasteiger partial charge in [-0.3, -0.25) is 4.79 Å². The number of hydrogen-bond donors (Lipinski definition) is 2. The van der Waals surface area contributed by atoms with Gasteiger partial charge >= 0.3 is 0 Å². The molecule has 0 fully saturated rings. The van der Waals surface area contributed by atoms with Gasteiger partial charge in [-0.25, -0.2) is 0 Å². The van der Waals surface area contributed by atoms with Gasteiger partial charge in [0.1, 0.15) is 5.75 Å². The number of ether oxygens (including phenoxy) is 1. The summed E-state index contributed by atoms with van der Waals surface area (Å²) in [5.74, 6) is 0.566. The molecule has 2 unspecified atom stereocenters. The van der Waals surface area contributed by atoms with Crippen LogP contribution in [0.2, 0.25) is 0 Å². The molecule has 3 N–H and O–H groups in total. The molecular formula is C14H20N2O2. The van der Waals surface area contributed by atoms with Gasteiger partial charge in [-0.2, -0.15) is 0 Å². The first-order valence-electron chi connectivity index (χ1n) is 5.90. The minimum atomic E-state index is -0.556. The Labute approximate surface area is 108 Å². The van der Waals surface area contributed by atoms with E-state index in [9.17, 15) is 4.79 Å². The highest BCUT2D eigenvalue weighted by Gasteiger charge is 2.17. The van der Waals surface area contributed by atoms with Crippen LogP contribution in [0.25, 0.3) is 0 Å². The molecule has 0 saturated heterocycles. The molecule has 4 heteroatoms. The minimum Gasteiger partial charge on any atom is -0.496 e. The van der Waals surface area contributed by atoms with Crippen molar-refractivity contribution in [3.05, 3.63) is 42.5 Å². The van der Waals surface area contributed by atoms with E-state index in [-0.39, 0.29) is 11.9 Å². The summed E-state index contributed by atoms with van der Waals surface area (Å²) in [6.45, 7) is 5.47. The molecule has 0 bridgehead atoms. The van der Waals surface area contributed by atoms with Gasteiger partial charge in [0.2, 0.25) is 5.91 Å². The largest absolute Gasteiger partial charge is 0.496 e. The van der Waals surface area contributed by atoms with Gasteiger partial charge in [-0.15, -0.1) is 6.58 Å². The van der Waals surface area contributed by atoms with Crippen LogP contribution >= 0.6 is 0 Å². The summed E-state index contributed by atoms with van der Waals surface area (Å²) in [5, 5.41) is 2.86. The molecule has 1 amide bonds. The number of nitrogens with two attached hydrogens (primary N) is 1. The highest BCUT2D eigenvalue weighted by molar-refractivity contribution is 5.82. The van der Waals surface area contributed by atoms with Crippen LogP contribution in [0.4, 0.5) is 0 Å². The Bertz CT molecular complexity index is 418.